The standard InChI is InChI=1S/C19H34N4O2/c1-15(9-10-19(2,3)4)23-18(20-5)22-14-16-7-8-17(21-13-16)25-12-11-24-6/h7-8,13,15H,9-12,14H2,1-6H3,(H2,20,22,23). The smallest absolute Gasteiger partial charge is 0.213 e. The number of rotatable bonds is 9. The van der Waals surface area contributed by atoms with Crippen LogP contribution in [0, 0.1) is 5.41 Å². The molecule has 0 aliphatic carbocycles. The minimum Gasteiger partial charge on any atom is -0.475 e. The molecule has 1 atom stereocenters. The molecule has 1 rings (SSSR count). The van der Waals surface area contributed by atoms with Crippen LogP contribution < -0.4 is 15.4 Å². The maximum Gasteiger partial charge on any atom is 0.213 e. The summed E-state index contributed by atoms with van der Waals surface area (Å²) in [7, 11) is 3.44. The minimum atomic E-state index is 0.353. The first-order valence-corrected chi connectivity index (χ1v) is 8.88. The summed E-state index contributed by atoms with van der Waals surface area (Å²) in [5.41, 5.74) is 1.43. The van der Waals surface area contributed by atoms with Crippen LogP contribution in [-0.4, -0.2) is 44.4 Å². The highest BCUT2D eigenvalue weighted by atomic mass is 16.5. The van der Waals surface area contributed by atoms with E-state index in [9.17, 15) is 0 Å². The predicted octanol–water partition coefficient (Wildman–Crippen LogP) is 2.99. The molecule has 1 aromatic rings. The van der Waals surface area contributed by atoms with Crippen molar-refractivity contribution in [1.82, 2.24) is 15.6 Å². The number of hydrogen-bond acceptors (Lipinski definition) is 4. The molecular formula is C19H34N4O2. The van der Waals surface area contributed by atoms with Crippen LogP contribution >= 0.6 is 0 Å². The first-order chi connectivity index (χ1) is 11.8. The Morgan fingerprint density at radius 3 is 2.60 bits per heavy atom. The van der Waals surface area contributed by atoms with Gasteiger partial charge in [0.2, 0.25) is 5.88 Å². The third-order valence-corrected chi connectivity index (χ3v) is 3.73. The number of nitrogens with zero attached hydrogens (tertiary/aromatic N) is 2. The Morgan fingerprint density at radius 1 is 1.28 bits per heavy atom. The molecular weight excluding hydrogens is 316 g/mol. The Morgan fingerprint density at radius 2 is 2.04 bits per heavy atom. The lowest BCUT2D eigenvalue weighted by molar-refractivity contribution is 0.143. The topological polar surface area (TPSA) is 67.8 Å². The van der Waals surface area contributed by atoms with Crippen molar-refractivity contribution in [2.75, 3.05) is 27.4 Å². The van der Waals surface area contributed by atoms with Crippen molar-refractivity contribution in [3.05, 3.63) is 23.9 Å². The number of aliphatic imine (C=N–C) groups is 1. The van der Waals surface area contributed by atoms with Crippen LogP contribution in [0.5, 0.6) is 5.88 Å². The molecule has 1 unspecified atom stereocenters. The van der Waals surface area contributed by atoms with Crippen LogP contribution in [-0.2, 0) is 11.3 Å². The number of nitrogens with one attached hydrogen (secondary N) is 2. The molecule has 6 nitrogen and oxygen atoms in total. The molecule has 142 valence electrons. The van der Waals surface area contributed by atoms with Crippen LogP contribution in [0.4, 0.5) is 0 Å². The lowest BCUT2D eigenvalue weighted by Crippen LogP contribution is -2.42. The Balaban J connectivity index is 2.39. The fraction of sp³-hybridized carbons (Fsp3) is 0.684. The average Bonchev–Trinajstić information content (AvgIpc) is 2.57. The quantitative estimate of drug-likeness (QED) is 0.407. The van der Waals surface area contributed by atoms with Crippen molar-refractivity contribution in [1.29, 1.82) is 0 Å². The molecule has 0 spiro atoms. The minimum absolute atomic E-state index is 0.353. The van der Waals surface area contributed by atoms with Gasteiger partial charge in [-0.1, -0.05) is 26.8 Å². The van der Waals surface area contributed by atoms with E-state index >= 15 is 0 Å². The molecule has 0 bridgehead atoms. The van der Waals surface area contributed by atoms with Gasteiger partial charge in [-0.25, -0.2) is 4.98 Å². The van der Waals surface area contributed by atoms with Crippen LogP contribution in [0.25, 0.3) is 0 Å². The molecule has 25 heavy (non-hydrogen) atoms. The van der Waals surface area contributed by atoms with Gasteiger partial charge in [-0.05, 0) is 30.7 Å². The fourth-order valence-electron chi connectivity index (χ4n) is 2.17. The van der Waals surface area contributed by atoms with Gasteiger partial charge in [0.15, 0.2) is 5.96 Å². The Bertz CT molecular complexity index is 509. The summed E-state index contributed by atoms with van der Waals surface area (Å²) in [4.78, 5) is 8.58. The van der Waals surface area contributed by atoms with Gasteiger partial charge in [0.1, 0.15) is 6.61 Å². The normalized spacial score (nSPS) is 13.4. The zero-order valence-electron chi connectivity index (χ0n) is 16.6. The first kappa shape index (κ1) is 21.2. The monoisotopic (exact) mass is 350 g/mol. The van der Waals surface area contributed by atoms with E-state index in [1.54, 1.807) is 14.2 Å². The lowest BCUT2D eigenvalue weighted by atomic mass is 9.89. The molecule has 1 heterocycles. The van der Waals surface area contributed by atoms with Gasteiger partial charge in [-0.3, -0.25) is 4.99 Å². The number of hydrogen-bond donors (Lipinski definition) is 2. The molecule has 0 fully saturated rings. The molecule has 0 saturated heterocycles. The molecule has 1 aromatic heterocycles. The summed E-state index contributed by atoms with van der Waals surface area (Å²) in [6.45, 7) is 10.7. The van der Waals surface area contributed by atoms with E-state index in [4.69, 9.17) is 9.47 Å². The van der Waals surface area contributed by atoms with Crippen LogP contribution in [0.3, 0.4) is 0 Å². The van der Waals surface area contributed by atoms with Crippen molar-refractivity contribution in [3.8, 4) is 5.88 Å². The van der Waals surface area contributed by atoms with Crippen molar-refractivity contribution in [2.24, 2.45) is 10.4 Å². The fourth-order valence-corrected chi connectivity index (χ4v) is 2.17. The summed E-state index contributed by atoms with van der Waals surface area (Å²) in [5, 5.41) is 6.76. The number of methoxy groups -OCH3 is 1. The Hall–Kier alpha value is -1.82. The molecule has 0 aromatic carbocycles. The van der Waals surface area contributed by atoms with E-state index in [0.717, 1.165) is 17.9 Å². The van der Waals surface area contributed by atoms with Crippen LogP contribution in [0.2, 0.25) is 0 Å². The van der Waals surface area contributed by atoms with Gasteiger partial charge >= 0.3 is 0 Å². The summed E-state index contributed by atoms with van der Waals surface area (Å²) >= 11 is 0. The number of pyridine rings is 1. The molecule has 0 aliphatic rings. The van der Waals surface area contributed by atoms with Gasteiger partial charge in [-0.2, -0.15) is 0 Å². The average molecular weight is 351 g/mol. The van der Waals surface area contributed by atoms with Gasteiger partial charge in [0.25, 0.3) is 0 Å². The second-order valence-electron chi connectivity index (χ2n) is 7.42. The van der Waals surface area contributed by atoms with E-state index in [1.807, 2.05) is 18.3 Å². The van der Waals surface area contributed by atoms with Gasteiger partial charge in [-0.15, -0.1) is 0 Å². The largest absolute Gasteiger partial charge is 0.475 e. The van der Waals surface area contributed by atoms with Gasteiger partial charge < -0.3 is 20.1 Å². The SMILES string of the molecule is CN=C(NCc1ccc(OCCOC)nc1)NC(C)CCC(C)(C)C. The van der Waals surface area contributed by atoms with E-state index in [2.05, 4.69) is 48.3 Å². The number of guanidine groups is 1. The third-order valence-electron chi connectivity index (χ3n) is 3.73. The second kappa shape index (κ2) is 10.9. The molecule has 2 N–H and O–H groups in total. The van der Waals surface area contributed by atoms with Crippen LogP contribution in [0.15, 0.2) is 23.3 Å². The zero-order chi connectivity index (χ0) is 18.7. The highest BCUT2D eigenvalue weighted by molar-refractivity contribution is 5.79. The van der Waals surface area contributed by atoms with Gasteiger partial charge in [0.05, 0.1) is 6.61 Å². The maximum atomic E-state index is 5.46. The molecule has 0 aliphatic heterocycles. The van der Waals surface area contributed by atoms with Crippen molar-refractivity contribution < 1.29 is 9.47 Å². The number of ether oxygens (including phenoxy) is 2. The molecule has 0 amide bonds. The highest BCUT2D eigenvalue weighted by Crippen LogP contribution is 2.21. The van der Waals surface area contributed by atoms with Crippen molar-refractivity contribution in [2.45, 2.75) is 53.1 Å². The van der Waals surface area contributed by atoms with Crippen molar-refractivity contribution >= 4 is 5.96 Å². The van der Waals surface area contributed by atoms with E-state index < -0.39 is 0 Å². The first-order valence-electron chi connectivity index (χ1n) is 8.88. The summed E-state index contributed by atoms with van der Waals surface area (Å²) in [6, 6.07) is 4.24. The molecule has 6 heteroatoms. The third kappa shape index (κ3) is 9.92. The maximum absolute atomic E-state index is 5.46. The summed E-state index contributed by atoms with van der Waals surface area (Å²) in [5.74, 6) is 1.42. The van der Waals surface area contributed by atoms with Crippen molar-refractivity contribution in [3.63, 3.8) is 0 Å². The second-order valence-corrected chi connectivity index (χ2v) is 7.42. The predicted molar refractivity (Wildman–Crippen MR) is 103 cm³/mol. The van der Waals surface area contributed by atoms with Gasteiger partial charge in [0, 0.05) is 39.0 Å². The summed E-state index contributed by atoms with van der Waals surface area (Å²) < 4.78 is 10.4. The van der Waals surface area contributed by atoms with E-state index in [1.165, 1.54) is 6.42 Å². The summed E-state index contributed by atoms with van der Waals surface area (Å²) in [6.07, 6.45) is 4.09. The van der Waals surface area contributed by atoms with E-state index in [0.29, 0.717) is 37.1 Å². The molecule has 0 saturated carbocycles. The molecule has 0 radical (unpaired) electrons. The zero-order valence-corrected chi connectivity index (χ0v) is 16.6. The lowest BCUT2D eigenvalue weighted by Gasteiger charge is -2.23. The Labute approximate surface area is 152 Å². The van der Waals surface area contributed by atoms with E-state index in [-0.39, 0.29) is 0 Å². The highest BCUT2D eigenvalue weighted by Gasteiger charge is 2.13. The number of aromatic nitrogens is 1. The van der Waals surface area contributed by atoms with Crippen LogP contribution in [0.1, 0.15) is 46.1 Å². The Kier molecular flexibility index (Phi) is 9.27.